The fourth-order valence-corrected chi connectivity index (χ4v) is 2.72. The normalized spacial score (nSPS) is 17.9. The molecule has 0 fully saturated rings. The number of nitrogens with zero attached hydrogens (tertiary/aromatic N) is 3. The van der Waals surface area contributed by atoms with Gasteiger partial charge in [0.2, 0.25) is 0 Å². The highest BCUT2D eigenvalue weighted by molar-refractivity contribution is 7.84. The van der Waals surface area contributed by atoms with Crippen LogP contribution in [0.3, 0.4) is 0 Å². The lowest BCUT2D eigenvalue weighted by atomic mass is 10.1. The number of amides is 1. The second-order valence-corrected chi connectivity index (χ2v) is 5.10. The van der Waals surface area contributed by atoms with Gasteiger partial charge in [-0.15, -0.1) is 12.6 Å². The van der Waals surface area contributed by atoms with Gasteiger partial charge in [0.05, 0.1) is 5.03 Å². The van der Waals surface area contributed by atoms with Crippen LogP contribution in [0.4, 0.5) is 5.69 Å². The van der Waals surface area contributed by atoms with Crippen LogP contribution < -0.4 is 10.2 Å². The SMILES string of the molecule is N#CC1=C(S)N(c2ccccc2)[C@H](c2cccnc2)NC1=O. The molecule has 1 aromatic heterocycles. The largest absolute Gasteiger partial charge is 0.327 e. The molecule has 108 valence electrons. The lowest BCUT2D eigenvalue weighted by Gasteiger charge is -2.37. The molecule has 1 N–H and O–H groups in total. The number of hydrogen-bond acceptors (Lipinski definition) is 5. The summed E-state index contributed by atoms with van der Waals surface area (Å²) in [5.41, 5.74) is 1.63. The van der Waals surface area contributed by atoms with Gasteiger partial charge in [0.1, 0.15) is 17.8 Å². The van der Waals surface area contributed by atoms with Crippen LogP contribution >= 0.6 is 12.6 Å². The van der Waals surface area contributed by atoms with E-state index >= 15 is 0 Å². The molecule has 6 heteroatoms. The smallest absolute Gasteiger partial charge is 0.266 e. The summed E-state index contributed by atoms with van der Waals surface area (Å²) in [6, 6.07) is 15.0. The van der Waals surface area contributed by atoms with Crippen molar-refractivity contribution in [3.8, 4) is 6.07 Å². The minimum Gasteiger partial charge on any atom is -0.327 e. The summed E-state index contributed by atoms with van der Waals surface area (Å²) in [5, 5.41) is 12.4. The van der Waals surface area contributed by atoms with E-state index < -0.39 is 12.1 Å². The Balaban J connectivity index is 2.15. The van der Waals surface area contributed by atoms with E-state index in [1.54, 1.807) is 23.4 Å². The summed E-state index contributed by atoms with van der Waals surface area (Å²) >= 11 is 4.41. The molecule has 1 aliphatic heterocycles. The highest BCUT2D eigenvalue weighted by Crippen LogP contribution is 2.35. The number of carbonyl (C=O) groups is 1. The van der Waals surface area contributed by atoms with Gasteiger partial charge in [-0.2, -0.15) is 5.26 Å². The zero-order valence-corrected chi connectivity index (χ0v) is 12.4. The van der Waals surface area contributed by atoms with Gasteiger partial charge in [-0.25, -0.2) is 0 Å². The first-order valence-electron chi connectivity index (χ1n) is 6.61. The van der Waals surface area contributed by atoms with E-state index in [-0.39, 0.29) is 5.57 Å². The van der Waals surface area contributed by atoms with Crippen molar-refractivity contribution in [2.45, 2.75) is 6.17 Å². The topological polar surface area (TPSA) is 69.0 Å². The van der Waals surface area contributed by atoms with Crippen molar-refractivity contribution in [1.29, 1.82) is 5.26 Å². The lowest BCUT2D eigenvalue weighted by Crippen LogP contribution is -2.46. The first-order valence-corrected chi connectivity index (χ1v) is 7.05. The van der Waals surface area contributed by atoms with Crippen LogP contribution in [0.1, 0.15) is 11.7 Å². The molecule has 2 aromatic rings. The number of anilines is 1. The third-order valence-corrected chi connectivity index (χ3v) is 3.79. The second-order valence-electron chi connectivity index (χ2n) is 4.68. The number of carbonyl (C=O) groups excluding carboxylic acids is 1. The van der Waals surface area contributed by atoms with Crippen LogP contribution in [0.25, 0.3) is 0 Å². The van der Waals surface area contributed by atoms with E-state index in [1.807, 2.05) is 42.5 Å². The van der Waals surface area contributed by atoms with Crippen LogP contribution in [-0.4, -0.2) is 10.9 Å². The minimum atomic E-state index is -0.465. The van der Waals surface area contributed by atoms with E-state index in [0.29, 0.717) is 5.03 Å². The van der Waals surface area contributed by atoms with Crippen molar-refractivity contribution in [3.63, 3.8) is 0 Å². The average Bonchev–Trinajstić information content (AvgIpc) is 2.56. The standard InChI is InChI=1S/C16H12N4OS/c17-9-13-15(21)19-14(11-5-4-8-18-10-11)20(16(13)22)12-6-2-1-3-7-12/h1-8,10,14,22H,(H,19,21)/t14-/m1/s1. The first kappa shape index (κ1) is 14.2. The minimum absolute atomic E-state index is 0.00710. The van der Waals surface area contributed by atoms with Gasteiger partial charge in [-0.3, -0.25) is 9.78 Å². The van der Waals surface area contributed by atoms with Crippen molar-refractivity contribution in [2.24, 2.45) is 0 Å². The summed E-state index contributed by atoms with van der Waals surface area (Å²) in [5.74, 6) is -0.437. The van der Waals surface area contributed by atoms with Crippen LogP contribution in [0.15, 0.2) is 65.5 Å². The molecule has 2 heterocycles. The fraction of sp³-hybridized carbons (Fsp3) is 0.0625. The summed E-state index contributed by atoms with van der Waals surface area (Å²) in [4.78, 5) is 18.0. The molecule has 1 aliphatic rings. The molecular weight excluding hydrogens is 296 g/mol. The third kappa shape index (κ3) is 2.43. The maximum atomic E-state index is 12.1. The summed E-state index contributed by atoms with van der Waals surface area (Å²) in [6.45, 7) is 0. The molecule has 0 bridgehead atoms. The molecule has 5 nitrogen and oxygen atoms in total. The maximum absolute atomic E-state index is 12.1. The summed E-state index contributed by atoms with van der Waals surface area (Å²) in [6.07, 6.45) is 2.88. The van der Waals surface area contributed by atoms with E-state index in [1.165, 1.54) is 0 Å². The molecule has 0 saturated heterocycles. The molecule has 1 aromatic carbocycles. The lowest BCUT2D eigenvalue weighted by molar-refractivity contribution is -0.118. The van der Waals surface area contributed by atoms with E-state index in [9.17, 15) is 10.1 Å². The number of rotatable bonds is 2. The predicted molar refractivity (Wildman–Crippen MR) is 85.7 cm³/mol. The number of benzene rings is 1. The highest BCUT2D eigenvalue weighted by Gasteiger charge is 2.33. The van der Waals surface area contributed by atoms with Gasteiger partial charge in [-0.1, -0.05) is 24.3 Å². The molecule has 0 radical (unpaired) electrons. The number of nitrogens with one attached hydrogen (secondary N) is 1. The van der Waals surface area contributed by atoms with E-state index in [0.717, 1.165) is 11.3 Å². The average molecular weight is 308 g/mol. The van der Waals surface area contributed by atoms with Gasteiger partial charge in [-0.05, 0) is 18.2 Å². The summed E-state index contributed by atoms with van der Waals surface area (Å²) < 4.78 is 0. The van der Waals surface area contributed by atoms with Crippen molar-refractivity contribution >= 4 is 24.2 Å². The number of aromatic nitrogens is 1. The molecule has 0 saturated carbocycles. The highest BCUT2D eigenvalue weighted by atomic mass is 32.1. The third-order valence-electron chi connectivity index (χ3n) is 3.35. The van der Waals surface area contributed by atoms with Gasteiger partial charge in [0, 0.05) is 23.6 Å². The molecule has 22 heavy (non-hydrogen) atoms. The van der Waals surface area contributed by atoms with Gasteiger partial charge < -0.3 is 10.2 Å². The monoisotopic (exact) mass is 308 g/mol. The van der Waals surface area contributed by atoms with E-state index in [2.05, 4.69) is 22.9 Å². The molecule has 0 unspecified atom stereocenters. The molecule has 0 aliphatic carbocycles. The van der Waals surface area contributed by atoms with Gasteiger partial charge >= 0.3 is 0 Å². The zero-order chi connectivity index (χ0) is 15.5. The molecule has 1 amide bonds. The number of thiol groups is 1. The second kappa shape index (κ2) is 5.92. The molecule has 1 atom stereocenters. The van der Waals surface area contributed by atoms with Crippen molar-refractivity contribution in [2.75, 3.05) is 4.90 Å². The Bertz CT molecular complexity index is 768. The molecular formula is C16H12N4OS. The number of nitriles is 1. The molecule has 0 spiro atoms. The van der Waals surface area contributed by atoms with Crippen molar-refractivity contribution in [3.05, 3.63) is 71.0 Å². The Kier molecular flexibility index (Phi) is 3.81. The first-order chi connectivity index (χ1) is 10.7. The van der Waals surface area contributed by atoms with E-state index in [4.69, 9.17) is 0 Å². The Morgan fingerprint density at radius 1 is 1.23 bits per heavy atom. The van der Waals surface area contributed by atoms with Gasteiger partial charge in [0.15, 0.2) is 0 Å². The summed E-state index contributed by atoms with van der Waals surface area (Å²) in [7, 11) is 0. The Hall–Kier alpha value is -2.78. The predicted octanol–water partition coefficient (Wildman–Crippen LogP) is 2.38. The zero-order valence-electron chi connectivity index (χ0n) is 11.5. The van der Waals surface area contributed by atoms with Crippen LogP contribution in [0.5, 0.6) is 0 Å². The Labute approximate surface area is 133 Å². The molecule has 3 rings (SSSR count). The van der Waals surface area contributed by atoms with Crippen LogP contribution in [0.2, 0.25) is 0 Å². The number of hydrogen-bond donors (Lipinski definition) is 2. The maximum Gasteiger partial charge on any atom is 0.266 e. The Morgan fingerprint density at radius 2 is 2.00 bits per heavy atom. The Morgan fingerprint density at radius 3 is 2.64 bits per heavy atom. The van der Waals surface area contributed by atoms with Crippen molar-refractivity contribution < 1.29 is 4.79 Å². The van der Waals surface area contributed by atoms with Crippen LogP contribution in [-0.2, 0) is 4.79 Å². The number of pyridine rings is 1. The van der Waals surface area contributed by atoms with Crippen molar-refractivity contribution in [1.82, 2.24) is 10.3 Å². The fourth-order valence-electron chi connectivity index (χ4n) is 2.34. The van der Waals surface area contributed by atoms with Gasteiger partial charge in [0.25, 0.3) is 5.91 Å². The van der Waals surface area contributed by atoms with Crippen LogP contribution in [0, 0.1) is 11.3 Å². The number of para-hydroxylation sites is 1. The quantitative estimate of drug-likeness (QED) is 0.836.